The molecule has 1 aliphatic heterocycles. The summed E-state index contributed by atoms with van der Waals surface area (Å²) in [5.74, 6) is -0.605. The molecule has 1 aromatic rings. The number of ketones is 1. The minimum atomic E-state index is -0.798. The highest BCUT2D eigenvalue weighted by molar-refractivity contribution is 6.20. The lowest BCUT2D eigenvalue weighted by Gasteiger charge is -2.07. The van der Waals surface area contributed by atoms with Gasteiger partial charge in [-0.3, -0.25) is 14.9 Å². The minimum Gasteiger partial charge on any atom is -0.322 e. The van der Waals surface area contributed by atoms with Crippen LogP contribution in [0.15, 0.2) is 42.6 Å². The molecule has 0 bridgehead atoms. The van der Waals surface area contributed by atoms with E-state index in [4.69, 9.17) is 0 Å². The molecule has 0 saturated carbocycles. The fraction of sp³-hybridized carbons (Fsp3) is 0.167. The molecule has 0 aliphatic carbocycles. The van der Waals surface area contributed by atoms with Crippen molar-refractivity contribution in [1.29, 1.82) is 0 Å². The number of Topliss-reactive ketones (excluding diaryl/α,β-unsaturated/α-hetero) is 1. The Kier molecular flexibility index (Phi) is 2.83. The molecule has 82 valence electrons. The predicted octanol–water partition coefficient (Wildman–Crippen LogP) is 0.357. The Labute approximate surface area is 93.3 Å². The van der Waals surface area contributed by atoms with Crippen LogP contribution < -0.4 is 10.6 Å². The molecule has 1 aromatic carbocycles. The predicted molar refractivity (Wildman–Crippen MR) is 59.4 cm³/mol. The molecule has 0 radical (unpaired) electrons. The van der Waals surface area contributed by atoms with Crippen LogP contribution in [0.4, 0.5) is 0 Å². The number of rotatable bonds is 3. The highest BCUT2D eigenvalue weighted by Crippen LogP contribution is 2.06. The molecule has 16 heavy (non-hydrogen) atoms. The summed E-state index contributed by atoms with van der Waals surface area (Å²) in [5, 5.41) is 5.31. The summed E-state index contributed by atoms with van der Waals surface area (Å²) in [6, 6.07) is 8.79. The molecule has 2 N–H and O–H groups in total. The normalized spacial score (nSPS) is 20.0. The Balaban J connectivity index is 1.99. The van der Waals surface area contributed by atoms with Crippen LogP contribution in [0.1, 0.15) is 5.56 Å². The second-order valence-corrected chi connectivity index (χ2v) is 3.63. The molecule has 1 amide bonds. The van der Waals surface area contributed by atoms with Crippen molar-refractivity contribution in [1.82, 2.24) is 10.6 Å². The average Bonchev–Trinajstić information content (AvgIpc) is 2.53. The van der Waals surface area contributed by atoms with Gasteiger partial charge in [0.25, 0.3) is 0 Å². The number of nitrogens with one attached hydrogen (secondary N) is 2. The molecule has 1 atom stereocenters. The van der Waals surface area contributed by atoms with Crippen molar-refractivity contribution in [3.8, 4) is 0 Å². The number of benzene rings is 1. The van der Waals surface area contributed by atoms with Gasteiger partial charge < -0.3 is 5.32 Å². The third-order valence-electron chi connectivity index (χ3n) is 2.45. The maximum atomic E-state index is 11.5. The van der Waals surface area contributed by atoms with Crippen molar-refractivity contribution >= 4 is 11.7 Å². The van der Waals surface area contributed by atoms with Crippen LogP contribution in [0, 0.1) is 0 Å². The van der Waals surface area contributed by atoms with Crippen LogP contribution in [-0.2, 0) is 16.1 Å². The van der Waals surface area contributed by atoms with Gasteiger partial charge in [-0.2, -0.15) is 0 Å². The van der Waals surface area contributed by atoms with Gasteiger partial charge in [-0.05, 0) is 5.56 Å². The standard InChI is InChI=1S/C12H12N2O2/c1-8-11(15)10(12(16)14-8)13-7-9-5-3-2-4-6-9/h2-6,10,13H,1,7H2,(H,14,16). The maximum Gasteiger partial charge on any atom is 0.249 e. The minimum absolute atomic E-state index is 0.163. The second kappa shape index (κ2) is 4.28. The number of carbonyl (C=O) groups excluding carboxylic acids is 2. The third kappa shape index (κ3) is 2.01. The Bertz CT molecular complexity index is 440. The Morgan fingerprint density at radius 1 is 1.25 bits per heavy atom. The molecule has 1 aliphatic rings. The van der Waals surface area contributed by atoms with E-state index in [2.05, 4.69) is 17.2 Å². The highest BCUT2D eigenvalue weighted by atomic mass is 16.2. The van der Waals surface area contributed by atoms with E-state index in [0.717, 1.165) is 5.56 Å². The largest absolute Gasteiger partial charge is 0.322 e. The van der Waals surface area contributed by atoms with Gasteiger partial charge in [0.1, 0.15) is 0 Å². The van der Waals surface area contributed by atoms with E-state index in [1.807, 2.05) is 30.3 Å². The van der Waals surface area contributed by atoms with E-state index in [9.17, 15) is 9.59 Å². The van der Waals surface area contributed by atoms with E-state index in [1.54, 1.807) is 0 Å². The summed E-state index contributed by atoms with van der Waals surface area (Å²) in [6.07, 6.45) is 0. The first-order valence-corrected chi connectivity index (χ1v) is 5.00. The van der Waals surface area contributed by atoms with Gasteiger partial charge in [-0.25, -0.2) is 0 Å². The van der Waals surface area contributed by atoms with Crippen LogP contribution in [-0.4, -0.2) is 17.7 Å². The summed E-state index contributed by atoms with van der Waals surface area (Å²) in [6.45, 7) is 3.95. The summed E-state index contributed by atoms with van der Waals surface area (Å²) >= 11 is 0. The van der Waals surface area contributed by atoms with Crippen LogP contribution >= 0.6 is 0 Å². The van der Waals surface area contributed by atoms with Crippen molar-refractivity contribution in [3.63, 3.8) is 0 Å². The molecular weight excluding hydrogens is 204 g/mol. The maximum absolute atomic E-state index is 11.5. The van der Waals surface area contributed by atoms with E-state index < -0.39 is 6.04 Å². The summed E-state index contributed by atoms with van der Waals surface area (Å²) in [4.78, 5) is 22.9. The molecule has 1 unspecified atom stereocenters. The van der Waals surface area contributed by atoms with Gasteiger partial charge in [0, 0.05) is 6.54 Å². The lowest BCUT2D eigenvalue weighted by atomic mass is 10.1. The second-order valence-electron chi connectivity index (χ2n) is 3.63. The van der Waals surface area contributed by atoms with Crippen molar-refractivity contribution in [2.24, 2.45) is 0 Å². The number of hydrogen-bond donors (Lipinski definition) is 2. The fourth-order valence-corrected chi connectivity index (χ4v) is 1.58. The van der Waals surface area contributed by atoms with Crippen molar-refractivity contribution in [3.05, 3.63) is 48.2 Å². The quantitative estimate of drug-likeness (QED) is 0.566. The zero-order valence-electron chi connectivity index (χ0n) is 8.69. The molecule has 1 saturated heterocycles. The number of hydrogen-bond acceptors (Lipinski definition) is 3. The molecule has 2 rings (SSSR count). The summed E-state index contributed by atoms with van der Waals surface area (Å²) < 4.78 is 0. The first kappa shape index (κ1) is 10.6. The molecule has 0 spiro atoms. The van der Waals surface area contributed by atoms with Crippen molar-refractivity contribution < 1.29 is 9.59 Å². The van der Waals surface area contributed by atoms with Crippen LogP contribution in [0.3, 0.4) is 0 Å². The van der Waals surface area contributed by atoms with Gasteiger partial charge in [0.15, 0.2) is 6.04 Å². The van der Waals surface area contributed by atoms with Gasteiger partial charge >= 0.3 is 0 Å². The molecule has 1 fully saturated rings. The monoisotopic (exact) mass is 216 g/mol. The Morgan fingerprint density at radius 2 is 1.94 bits per heavy atom. The third-order valence-corrected chi connectivity index (χ3v) is 2.45. The van der Waals surface area contributed by atoms with Crippen LogP contribution in [0.2, 0.25) is 0 Å². The van der Waals surface area contributed by atoms with E-state index in [-0.39, 0.29) is 17.4 Å². The summed E-state index contributed by atoms with van der Waals surface area (Å²) in [7, 11) is 0. The number of amides is 1. The first-order valence-electron chi connectivity index (χ1n) is 5.00. The zero-order chi connectivity index (χ0) is 11.5. The lowest BCUT2D eigenvalue weighted by molar-refractivity contribution is -0.124. The van der Waals surface area contributed by atoms with E-state index in [0.29, 0.717) is 6.54 Å². The average molecular weight is 216 g/mol. The van der Waals surface area contributed by atoms with Crippen LogP contribution in [0.5, 0.6) is 0 Å². The van der Waals surface area contributed by atoms with Crippen molar-refractivity contribution in [2.75, 3.05) is 0 Å². The van der Waals surface area contributed by atoms with Crippen LogP contribution in [0.25, 0.3) is 0 Å². The molecule has 1 heterocycles. The Hall–Kier alpha value is -1.94. The lowest BCUT2D eigenvalue weighted by Crippen LogP contribution is -2.39. The molecular formula is C12H12N2O2. The van der Waals surface area contributed by atoms with Gasteiger partial charge in [0.2, 0.25) is 11.7 Å². The molecule has 0 aromatic heterocycles. The Morgan fingerprint density at radius 3 is 2.50 bits per heavy atom. The van der Waals surface area contributed by atoms with Gasteiger partial charge in [-0.1, -0.05) is 36.9 Å². The topological polar surface area (TPSA) is 58.2 Å². The van der Waals surface area contributed by atoms with E-state index >= 15 is 0 Å². The van der Waals surface area contributed by atoms with Crippen molar-refractivity contribution in [2.45, 2.75) is 12.6 Å². The number of carbonyl (C=O) groups is 2. The fourth-order valence-electron chi connectivity index (χ4n) is 1.58. The summed E-state index contributed by atoms with van der Waals surface area (Å²) in [5.41, 5.74) is 1.19. The van der Waals surface area contributed by atoms with Gasteiger partial charge in [0.05, 0.1) is 5.70 Å². The SMILES string of the molecule is C=C1NC(=O)C(NCc2ccccc2)C1=O. The first-order chi connectivity index (χ1) is 7.68. The van der Waals surface area contributed by atoms with E-state index in [1.165, 1.54) is 0 Å². The smallest absolute Gasteiger partial charge is 0.249 e. The molecule has 4 nitrogen and oxygen atoms in total. The molecule has 4 heteroatoms. The zero-order valence-corrected chi connectivity index (χ0v) is 8.69. The van der Waals surface area contributed by atoms with Gasteiger partial charge in [-0.15, -0.1) is 0 Å². The highest BCUT2D eigenvalue weighted by Gasteiger charge is 2.35.